The Kier molecular flexibility index (Phi) is 3.52. The molecule has 6 heteroatoms. The second kappa shape index (κ2) is 5.18. The van der Waals surface area contributed by atoms with E-state index in [-0.39, 0.29) is 17.4 Å². The third kappa shape index (κ3) is 2.33. The largest absolute Gasteiger partial charge is 0.392 e. The van der Waals surface area contributed by atoms with Gasteiger partial charge < -0.3 is 5.11 Å². The maximum Gasteiger partial charge on any atom is 0.265 e. The minimum absolute atomic E-state index is 0.113. The van der Waals surface area contributed by atoms with Crippen molar-refractivity contribution in [1.82, 2.24) is 4.72 Å². The van der Waals surface area contributed by atoms with Crippen molar-refractivity contribution in [2.45, 2.75) is 43.6 Å². The van der Waals surface area contributed by atoms with E-state index in [1.165, 1.54) is 6.42 Å². The first-order chi connectivity index (χ1) is 9.62. The number of aliphatic hydroxyl groups is 1. The number of sulfonamides is 1. The molecule has 0 spiro atoms. The molecule has 0 unspecified atom stereocenters. The Morgan fingerprint density at radius 1 is 1.25 bits per heavy atom. The predicted molar refractivity (Wildman–Crippen MR) is 76.4 cm³/mol. The normalized spacial score (nSPS) is 21.8. The highest BCUT2D eigenvalue weighted by molar-refractivity contribution is 7.90. The molecule has 1 aromatic carbocycles. The summed E-state index contributed by atoms with van der Waals surface area (Å²) in [5.74, 6) is 0.761. The molecular formula is C14H18N2O3S. The van der Waals surface area contributed by atoms with Gasteiger partial charge in [0.25, 0.3) is 10.0 Å². The first-order valence-electron chi connectivity index (χ1n) is 6.96. The van der Waals surface area contributed by atoms with Crippen LogP contribution in [0, 0.1) is 5.92 Å². The van der Waals surface area contributed by atoms with Crippen molar-refractivity contribution in [3.05, 3.63) is 23.8 Å². The van der Waals surface area contributed by atoms with Gasteiger partial charge in [0.1, 0.15) is 10.7 Å². The van der Waals surface area contributed by atoms with Crippen LogP contribution >= 0.6 is 0 Å². The van der Waals surface area contributed by atoms with Gasteiger partial charge in [0.15, 0.2) is 0 Å². The van der Waals surface area contributed by atoms with Gasteiger partial charge in [0.05, 0.1) is 12.3 Å². The number of hydrogen-bond acceptors (Lipinski definition) is 4. The third-order valence-electron chi connectivity index (χ3n) is 3.99. The number of amidine groups is 1. The van der Waals surface area contributed by atoms with Gasteiger partial charge in [-0.3, -0.25) is 4.72 Å². The Morgan fingerprint density at radius 3 is 2.70 bits per heavy atom. The van der Waals surface area contributed by atoms with Crippen molar-refractivity contribution in [1.29, 1.82) is 0 Å². The Morgan fingerprint density at radius 2 is 2.00 bits per heavy atom. The molecule has 0 atom stereocenters. The standard InChI is InChI=1S/C14H18N2O3S/c17-9-11-7-4-8-12-13(11)20(18,19)16-14(15-12)10-5-2-1-3-6-10/h4,7-8,10,17H,1-3,5-6,9H2,(H,15,16). The van der Waals surface area contributed by atoms with Crippen molar-refractivity contribution < 1.29 is 13.5 Å². The highest BCUT2D eigenvalue weighted by Crippen LogP contribution is 2.34. The number of benzene rings is 1. The number of rotatable bonds is 2. The molecule has 1 aliphatic carbocycles. The van der Waals surface area contributed by atoms with Gasteiger partial charge in [-0.15, -0.1) is 0 Å². The van der Waals surface area contributed by atoms with Gasteiger partial charge in [-0.25, -0.2) is 13.4 Å². The minimum Gasteiger partial charge on any atom is -0.392 e. The molecule has 1 fully saturated rings. The third-order valence-corrected chi connectivity index (χ3v) is 5.47. The summed E-state index contributed by atoms with van der Waals surface area (Å²) in [7, 11) is -3.62. The number of fused-ring (bicyclic) bond motifs is 1. The smallest absolute Gasteiger partial charge is 0.265 e. The van der Waals surface area contributed by atoms with Crippen LogP contribution in [0.1, 0.15) is 37.7 Å². The lowest BCUT2D eigenvalue weighted by Crippen LogP contribution is -2.39. The summed E-state index contributed by atoms with van der Waals surface area (Å²) in [5.41, 5.74) is 0.831. The van der Waals surface area contributed by atoms with Gasteiger partial charge in [-0.05, 0) is 18.9 Å². The SMILES string of the molecule is O=S1(=O)NC(C2CCCCC2)=Nc2cccc(CO)c21. The number of aliphatic hydroxyl groups excluding tert-OH is 1. The van der Waals surface area contributed by atoms with Crippen LogP contribution < -0.4 is 4.72 Å². The van der Waals surface area contributed by atoms with Crippen molar-refractivity contribution >= 4 is 21.5 Å². The van der Waals surface area contributed by atoms with Crippen molar-refractivity contribution in [2.24, 2.45) is 10.9 Å². The molecule has 20 heavy (non-hydrogen) atoms. The molecular weight excluding hydrogens is 276 g/mol. The zero-order valence-corrected chi connectivity index (χ0v) is 12.0. The monoisotopic (exact) mass is 294 g/mol. The van der Waals surface area contributed by atoms with Crippen molar-refractivity contribution in [3.63, 3.8) is 0 Å². The van der Waals surface area contributed by atoms with Crippen LogP contribution in [0.4, 0.5) is 5.69 Å². The molecule has 5 nitrogen and oxygen atoms in total. The Bertz CT molecular complexity index is 646. The zero-order valence-electron chi connectivity index (χ0n) is 11.2. The fourth-order valence-electron chi connectivity index (χ4n) is 2.99. The van der Waals surface area contributed by atoms with E-state index in [0.717, 1.165) is 25.7 Å². The summed E-state index contributed by atoms with van der Waals surface area (Å²) >= 11 is 0. The average molecular weight is 294 g/mol. The molecule has 0 aromatic heterocycles. The predicted octanol–water partition coefficient (Wildman–Crippen LogP) is 2.08. The first-order valence-corrected chi connectivity index (χ1v) is 8.44. The summed E-state index contributed by atoms with van der Waals surface area (Å²) < 4.78 is 27.4. The van der Waals surface area contributed by atoms with E-state index in [9.17, 15) is 13.5 Å². The molecule has 3 rings (SSSR count). The second-order valence-electron chi connectivity index (χ2n) is 5.36. The Hall–Kier alpha value is -1.40. The van der Waals surface area contributed by atoms with Crippen LogP contribution in [0.2, 0.25) is 0 Å². The summed E-state index contributed by atoms with van der Waals surface area (Å²) in [5, 5.41) is 9.30. The van der Waals surface area contributed by atoms with Crippen LogP contribution in [0.3, 0.4) is 0 Å². The molecule has 1 heterocycles. The molecule has 1 aromatic rings. The van der Waals surface area contributed by atoms with Gasteiger partial charge in [-0.1, -0.05) is 31.4 Å². The average Bonchev–Trinajstić information content (AvgIpc) is 2.46. The number of nitrogens with one attached hydrogen (secondary N) is 1. The molecule has 0 bridgehead atoms. The summed E-state index contributed by atoms with van der Waals surface area (Å²) in [4.78, 5) is 4.60. The van der Waals surface area contributed by atoms with Crippen LogP contribution in [0.15, 0.2) is 28.1 Å². The van der Waals surface area contributed by atoms with Gasteiger partial charge >= 0.3 is 0 Å². The van der Waals surface area contributed by atoms with Gasteiger partial charge in [0.2, 0.25) is 0 Å². The number of hydrogen-bond donors (Lipinski definition) is 2. The fraction of sp³-hybridized carbons (Fsp3) is 0.500. The summed E-state index contributed by atoms with van der Waals surface area (Å²) in [6, 6.07) is 5.03. The van der Waals surface area contributed by atoms with E-state index in [2.05, 4.69) is 9.71 Å². The van der Waals surface area contributed by atoms with Crippen LogP contribution in [-0.4, -0.2) is 19.4 Å². The molecule has 0 amide bonds. The van der Waals surface area contributed by atoms with E-state index in [0.29, 0.717) is 17.1 Å². The van der Waals surface area contributed by atoms with E-state index in [4.69, 9.17) is 0 Å². The van der Waals surface area contributed by atoms with Gasteiger partial charge in [0, 0.05) is 11.5 Å². The quantitative estimate of drug-likeness (QED) is 0.876. The van der Waals surface area contributed by atoms with Crippen LogP contribution in [-0.2, 0) is 16.6 Å². The lowest BCUT2D eigenvalue weighted by atomic mass is 9.88. The van der Waals surface area contributed by atoms with E-state index in [1.54, 1.807) is 18.2 Å². The van der Waals surface area contributed by atoms with Gasteiger partial charge in [-0.2, -0.15) is 0 Å². The zero-order chi connectivity index (χ0) is 14.2. The topological polar surface area (TPSA) is 78.8 Å². The number of aliphatic imine (C=N–C) groups is 1. The maximum atomic E-state index is 12.4. The maximum absolute atomic E-state index is 12.4. The molecule has 2 N–H and O–H groups in total. The molecule has 1 aliphatic heterocycles. The number of nitrogens with zero attached hydrogens (tertiary/aromatic N) is 1. The summed E-state index contributed by atoms with van der Waals surface area (Å²) in [6.07, 6.45) is 5.42. The molecule has 2 aliphatic rings. The first kappa shape index (κ1) is 13.6. The van der Waals surface area contributed by atoms with Crippen LogP contribution in [0.5, 0.6) is 0 Å². The van der Waals surface area contributed by atoms with E-state index >= 15 is 0 Å². The van der Waals surface area contributed by atoms with E-state index < -0.39 is 10.0 Å². The fourth-order valence-corrected chi connectivity index (χ4v) is 4.44. The Labute approximate surface area is 118 Å². The molecule has 0 radical (unpaired) electrons. The molecule has 0 saturated heterocycles. The van der Waals surface area contributed by atoms with Crippen LogP contribution in [0.25, 0.3) is 0 Å². The van der Waals surface area contributed by atoms with Crippen molar-refractivity contribution in [3.8, 4) is 0 Å². The molecule has 108 valence electrons. The molecule has 1 saturated carbocycles. The highest BCUT2D eigenvalue weighted by Gasteiger charge is 2.31. The second-order valence-corrected chi connectivity index (χ2v) is 6.98. The summed E-state index contributed by atoms with van der Waals surface area (Å²) in [6.45, 7) is -0.307. The van der Waals surface area contributed by atoms with Crippen molar-refractivity contribution in [2.75, 3.05) is 0 Å². The minimum atomic E-state index is -3.62. The van der Waals surface area contributed by atoms with E-state index in [1.807, 2.05) is 0 Å². The lowest BCUT2D eigenvalue weighted by Gasteiger charge is -2.27. The lowest BCUT2D eigenvalue weighted by molar-refractivity contribution is 0.278. The Balaban J connectivity index is 2.07. The highest BCUT2D eigenvalue weighted by atomic mass is 32.2.